The molecule has 0 fully saturated rings. The van der Waals surface area contributed by atoms with Gasteiger partial charge in [0.15, 0.2) is 0 Å². The number of hydrogen-bond donors (Lipinski definition) is 3. The van der Waals surface area contributed by atoms with E-state index in [9.17, 15) is 23.1 Å². The summed E-state index contributed by atoms with van der Waals surface area (Å²) >= 11 is 0. The summed E-state index contributed by atoms with van der Waals surface area (Å²) in [6.07, 6.45) is 0. The van der Waals surface area contributed by atoms with E-state index in [-0.39, 0.29) is 35.8 Å². The molecule has 0 saturated heterocycles. The quantitative estimate of drug-likeness (QED) is 0.252. The summed E-state index contributed by atoms with van der Waals surface area (Å²) in [6, 6.07) is 17.9. The highest BCUT2D eigenvalue weighted by molar-refractivity contribution is 7.89. The van der Waals surface area contributed by atoms with Gasteiger partial charge in [-0.25, -0.2) is 17.9 Å². The molecule has 0 saturated carbocycles. The smallest absolute Gasteiger partial charge is 0.331 e. The third-order valence-electron chi connectivity index (χ3n) is 6.50. The first-order chi connectivity index (χ1) is 18.3. The predicted octanol–water partition coefficient (Wildman–Crippen LogP) is 1.97. The van der Waals surface area contributed by atoms with Crippen molar-refractivity contribution in [3.05, 3.63) is 87.1 Å². The van der Waals surface area contributed by atoms with Crippen LogP contribution in [0.5, 0.6) is 0 Å². The third-order valence-corrected chi connectivity index (χ3v) is 7.98. The van der Waals surface area contributed by atoms with E-state index >= 15 is 0 Å². The predicted molar refractivity (Wildman–Crippen MR) is 148 cm³/mol. The number of nitrogens with one attached hydrogen (secondary N) is 2. The molecule has 4 aromatic rings. The number of aromatic amines is 1. The van der Waals surface area contributed by atoms with E-state index in [0.29, 0.717) is 48.5 Å². The number of rotatable bonds is 12. The Bertz CT molecular complexity index is 1610. The van der Waals surface area contributed by atoms with E-state index in [4.69, 9.17) is 0 Å². The standard InChI is InChI=1S/C27H33N5O5S/c1-3-31-24-18-23(29-25(24)26(34)32(4-2)27(31)35)21-10-12-22(13-11-21)38(36,37)28-14-15-30(16-17-33)19-20-8-6-5-7-9-20/h5-13,18,28-29,33H,3-4,14-17,19H2,1-2H3. The number of aromatic nitrogens is 3. The summed E-state index contributed by atoms with van der Waals surface area (Å²) < 4.78 is 31.1. The van der Waals surface area contributed by atoms with Crippen LogP contribution in [0, 0.1) is 0 Å². The zero-order chi connectivity index (χ0) is 27.3. The SMILES string of the molecule is CCn1c(=O)c2[nH]c(-c3ccc(S(=O)(=O)NCCN(CCO)Cc4ccccc4)cc3)cc2n(CC)c1=O. The summed E-state index contributed by atoms with van der Waals surface area (Å²) in [4.78, 5) is 30.6. The van der Waals surface area contributed by atoms with Crippen LogP contribution < -0.4 is 16.0 Å². The highest BCUT2D eigenvalue weighted by Crippen LogP contribution is 2.23. The molecule has 0 aliphatic heterocycles. The number of benzene rings is 2. The van der Waals surface area contributed by atoms with Crippen LogP contribution in [0.25, 0.3) is 22.3 Å². The number of hydrogen-bond acceptors (Lipinski definition) is 6. The fourth-order valence-electron chi connectivity index (χ4n) is 4.52. The van der Waals surface area contributed by atoms with Crippen molar-refractivity contribution in [1.82, 2.24) is 23.7 Å². The summed E-state index contributed by atoms with van der Waals surface area (Å²) in [6.45, 7) is 5.93. The molecule has 0 aliphatic rings. The third kappa shape index (κ3) is 5.81. The van der Waals surface area contributed by atoms with Crippen LogP contribution in [-0.2, 0) is 29.7 Å². The Morgan fingerprint density at radius 2 is 1.63 bits per heavy atom. The molecule has 2 heterocycles. The van der Waals surface area contributed by atoms with Crippen molar-refractivity contribution in [2.24, 2.45) is 0 Å². The molecule has 10 nitrogen and oxygen atoms in total. The number of aliphatic hydroxyl groups excluding tert-OH is 1. The van der Waals surface area contributed by atoms with Crippen LogP contribution in [0.3, 0.4) is 0 Å². The maximum Gasteiger partial charge on any atom is 0.331 e. The number of nitrogens with zero attached hydrogens (tertiary/aromatic N) is 3. The maximum absolute atomic E-state index is 12.9. The number of H-pyrrole nitrogens is 1. The lowest BCUT2D eigenvalue weighted by Crippen LogP contribution is -2.39. The van der Waals surface area contributed by atoms with E-state index < -0.39 is 10.0 Å². The number of aliphatic hydroxyl groups is 1. The van der Waals surface area contributed by atoms with Gasteiger partial charge in [0, 0.05) is 45.0 Å². The highest BCUT2D eigenvalue weighted by atomic mass is 32.2. The van der Waals surface area contributed by atoms with Crippen LogP contribution >= 0.6 is 0 Å². The van der Waals surface area contributed by atoms with Gasteiger partial charge in [0.25, 0.3) is 5.56 Å². The molecular formula is C27H33N5O5S. The Morgan fingerprint density at radius 1 is 0.947 bits per heavy atom. The first-order valence-electron chi connectivity index (χ1n) is 12.6. The Labute approximate surface area is 221 Å². The van der Waals surface area contributed by atoms with Crippen LogP contribution in [0.15, 0.2) is 75.1 Å². The minimum absolute atomic E-state index is 0.0184. The molecule has 2 aromatic carbocycles. The van der Waals surface area contributed by atoms with Crippen molar-refractivity contribution in [1.29, 1.82) is 0 Å². The molecule has 4 rings (SSSR count). The van der Waals surface area contributed by atoms with Crippen molar-refractivity contribution < 1.29 is 13.5 Å². The normalized spacial score (nSPS) is 12.0. The second-order valence-electron chi connectivity index (χ2n) is 8.93. The molecule has 0 amide bonds. The van der Waals surface area contributed by atoms with Gasteiger partial charge in [-0.1, -0.05) is 42.5 Å². The first kappa shape index (κ1) is 27.5. The molecule has 202 valence electrons. The van der Waals surface area contributed by atoms with Crippen LogP contribution in [0.4, 0.5) is 0 Å². The van der Waals surface area contributed by atoms with Crippen LogP contribution in [0.2, 0.25) is 0 Å². The van der Waals surface area contributed by atoms with Gasteiger partial charge in [-0.3, -0.25) is 18.8 Å². The molecule has 0 spiro atoms. The lowest BCUT2D eigenvalue weighted by Gasteiger charge is -2.21. The number of fused-ring (bicyclic) bond motifs is 1. The molecule has 0 bridgehead atoms. The Morgan fingerprint density at radius 3 is 2.26 bits per heavy atom. The maximum atomic E-state index is 12.9. The molecule has 0 radical (unpaired) electrons. The van der Waals surface area contributed by atoms with E-state index in [1.54, 1.807) is 29.7 Å². The molecule has 11 heteroatoms. The molecule has 0 unspecified atom stereocenters. The van der Waals surface area contributed by atoms with Gasteiger partial charge in [0.1, 0.15) is 5.52 Å². The average molecular weight is 540 g/mol. The zero-order valence-corrected chi connectivity index (χ0v) is 22.4. The van der Waals surface area contributed by atoms with Gasteiger partial charge < -0.3 is 10.1 Å². The first-order valence-corrected chi connectivity index (χ1v) is 14.1. The van der Waals surface area contributed by atoms with Gasteiger partial charge in [0.05, 0.1) is 17.0 Å². The van der Waals surface area contributed by atoms with Crippen LogP contribution in [-0.4, -0.2) is 58.8 Å². The second-order valence-corrected chi connectivity index (χ2v) is 10.7. The molecule has 38 heavy (non-hydrogen) atoms. The lowest BCUT2D eigenvalue weighted by molar-refractivity contribution is 0.192. The van der Waals surface area contributed by atoms with Gasteiger partial charge in [-0.15, -0.1) is 0 Å². The Hall–Kier alpha value is -3.51. The largest absolute Gasteiger partial charge is 0.395 e. The number of aryl methyl sites for hydroxylation is 1. The average Bonchev–Trinajstić information content (AvgIpc) is 3.35. The minimum Gasteiger partial charge on any atom is -0.395 e. The number of sulfonamides is 1. The lowest BCUT2D eigenvalue weighted by atomic mass is 10.1. The van der Waals surface area contributed by atoms with Crippen molar-refractivity contribution in [3.63, 3.8) is 0 Å². The van der Waals surface area contributed by atoms with Crippen molar-refractivity contribution >= 4 is 21.1 Å². The van der Waals surface area contributed by atoms with Crippen LogP contribution in [0.1, 0.15) is 19.4 Å². The van der Waals surface area contributed by atoms with E-state index in [1.165, 1.54) is 16.7 Å². The summed E-state index contributed by atoms with van der Waals surface area (Å²) in [7, 11) is -3.75. The van der Waals surface area contributed by atoms with E-state index in [1.807, 2.05) is 42.2 Å². The highest BCUT2D eigenvalue weighted by Gasteiger charge is 2.17. The minimum atomic E-state index is -3.75. The fraction of sp³-hybridized carbons (Fsp3) is 0.333. The summed E-state index contributed by atoms with van der Waals surface area (Å²) in [5.41, 5.74) is 2.51. The Balaban J connectivity index is 1.49. The fourth-order valence-corrected chi connectivity index (χ4v) is 5.54. The van der Waals surface area contributed by atoms with Crippen molar-refractivity contribution in [3.8, 4) is 11.3 Å². The molecule has 3 N–H and O–H groups in total. The monoisotopic (exact) mass is 539 g/mol. The molecular weight excluding hydrogens is 506 g/mol. The van der Waals surface area contributed by atoms with Crippen molar-refractivity contribution in [2.45, 2.75) is 38.4 Å². The van der Waals surface area contributed by atoms with E-state index in [2.05, 4.69) is 9.71 Å². The summed E-state index contributed by atoms with van der Waals surface area (Å²) in [5.74, 6) is 0. The zero-order valence-electron chi connectivity index (χ0n) is 21.6. The summed E-state index contributed by atoms with van der Waals surface area (Å²) in [5, 5.41) is 9.38. The van der Waals surface area contributed by atoms with E-state index in [0.717, 1.165) is 5.56 Å². The molecule has 2 aromatic heterocycles. The van der Waals surface area contributed by atoms with Gasteiger partial charge in [-0.2, -0.15) is 0 Å². The van der Waals surface area contributed by atoms with Crippen molar-refractivity contribution in [2.75, 3.05) is 26.2 Å². The molecule has 0 atom stereocenters. The topological polar surface area (TPSA) is 129 Å². The Kier molecular flexibility index (Phi) is 8.62. The van der Waals surface area contributed by atoms with Gasteiger partial charge >= 0.3 is 5.69 Å². The van der Waals surface area contributed by atoms with Gasteiger partial charge in [-0.05, 0) is 43.2 Å². The second kappa shape index (κ2) is 11.9. The molecule has 0 aliphatic carbocycles. The van der Waals surface area contributed by atoms with Gasteiger partial charge in [0.2, 0.25) is 10.0 Å².